The molecule has 0 radical (unpaired) electrons. The molecule has 3 aromatic carbocycles. The number of benzene rings is 3. The summed E-state index contributed by atoms with van der Waals surface area (Å²) in [4.78, 5) is 10.8. The topological polar surface area (TPSA) is 103 Å². The van der Waals surface area contributed by atoms with E-state index < -0.39 is 10.5 Å². The average molecular weight is 530 g/mol. The van der Waals surface area contributed by atoms with E-state index in [1.807, 2.05) is 30.3 Å². The second-order valence-electron chi connectivity index (χ2n) is 7.30. The molecule has 0 amide bonds. The maximum Gasteiger partial charge on any atom is 0.269 e. The van der Waals surface area contributed by atoms with E-state index in [4.69, 9.17) is 16.3 Å². The number of halogens is 2. The zero-order valence-corrected chi connectivity index (χ0v) is 19.5. The maximum atomic E-state index is 11.8. The van der Waals surface area contributed by atoms with Crippen molar-refractivity contribution in [2.45, 2.75) is 18.8 Å². The molecular weight excluding hydrogens is 512 g/mol. The molecule has 0 aliphatic rings. The second kappa shape index (κ2) is 9.70. The van der Waals surface area contributed by atoms with Crippen LogP contribution in [-0.2, 0) is 18.8 Å². The van der Waals surface area contributed by atoms with Crippen LogP contribution in [0.3, 0.4) is 0 Å². The van der Waals surface area contributed by atoms with Crippen LogP contribution in [0.25, 0.3) is 0 Å². The summed E-state index contributed by atoms with van der Waals surface area (Å²) < 4.78 is 8.13. The zero-order chi connectivity index (χ0) is 23.4. The molecule has 8 nitrogen and oxygen atoms in total. The number of hydrogen-bond acceptors (Lipinski definition) is 6. The van der Waals surface area contributed by atoms with Gasteiger partial charge < -0.3 is 9.84 Å². The van der Waals surface area contributed by atoms with Crippen LogP contribution in [0.15, 0.2) is 83.5 Å². The SMILES string of the molecule is O=[N+]([O-])c1ccc(Cl)c(C(O)(Cn2cc(COc3ccc(Br)cc3)nn2)c2ccccc2)c1. The van der Waals surface area contributed by atoms with E-state index in [1.54, 1.807) is 30.5 Å². The Bertz CT molecular complexity index is 1270. The minimum Gasteiger partial charge on any atom is -0.487 e. The van der Waals surface area contributed by atoms with E-state index in [-0.39, 0.29) is 29.4 Å². The molecule has 1 atom stereocenters. The van der Waals surface area contributed by atoms with Crippen LogP contribution in [-0.4, -0.2) is 25.0 Å². The van der Waals surface area contributed by atoms with Gasteiger partial charge in [-0.3, -0.25) is 10.1 Å². The summed E-state index contributed by atoms with van der Waals surface area (Å²) in [6.45, 7) is 0.117. The molecule has 0 bridgehead atoms. The summed E-state index contributed by atoms with van der Waals surface area (Å²) in [5.41, 5.74) is -0.602. The van der Waals surface area contributed by atoms with Gasteiger partial charge in [0.05, 0.1) is 17.7 Å². The summed E-state index contributed by atoms with van der Waals surface area (Å²) >= 11 is 9.76. The third-order valence-corrected chi connectivity index (χ3v) is 5.89. The van der Waals surface area contributed by atoms with Gasteiger partial charge in [0.2, 0.25) is 0 Å². The monoisotopic (exact) mass is 528 g/mol. The van der Waals surface area contributed by atoms with Gasteiger partial charge in [0.25, 0.3) is 5.69 Å². The summed E-state index contributed by atoms with van der Waals surface area (Å²) in [5.74, 6) is 0.678. The number of rotatable bonds is 8. The van der Waals surface area contributed by atoms with Crippen molar-refractivity contribution < 1.29 is 14.8 Å². The van der Waals surface area contributed by atoms with Gasteiger partial charge >= 0.3 is 0 Å². The Kier molecular flexibility index (Phi) is 6.73. The summed E-state index contributed by atoms with van der Waals surface area (Å²) in [6.07, 6.45) is 1.65. The first kappa shape index (κ1) is 22.9. The molecule has 168 valence electrons. The minimum absolute atomic E-state index is 0.0663. The van der Waals surface area contributed by atoms with E-state index in [0.717, 1.165) is 4.47 Å². The Labute approximate surface area is 202 Å². The van der Waals surface area contributed by atoms with Gasteiger partial charge in [-0.2, -0.15) is 0 Å². The van der Waals surface area contributed by atoms with Gasteiger partial charge in [0.1, 0.15) is 23.7 Å². The fraction of sp³-hybridized carbons (Fsp3) is 0.130. The van der Waals surface area contributed by atoms with Crippen molar-refractivity contribution in [2.24, 2.45) is 0 Å². The van der Waals surface area contributed by atoms with Gasteiger partial charge in [0, 0.05) is 27.2 Å². The van der Waals surface area contributed by atoms with Crippen molar-refractivity contribution in [3.8, 4) is 5.75 Å². The quantitative estimate of drug-likeness (QED) is 0.251. The molecule has 0 saturated heterocycles. The molecule has 4 aromatic rings. The van der Waals surface area contributed by atoms with Gasteiger partial charge in [0.15, 0.2) is 0 Å². The molecule has 10 heteroatoms. The Hall–Kier alpha value is -3.27. The molecule has 0 aliphatic heterocycles. The standard InChI is InChI=1S/C23H18BrClN4O4/c24-17-6-9-20(10-7-17)33-14-18-13-28(27-26-18)15-23(30,16-4-2-1-3-5-16)21-12-19(29(31)32)8-11-22(21)25/h1-13,30H,14-15H2. The molecule has 1 heterocycles. The number of nitrogens with zero attached hydrogens (tertiary/aromatic N) is 4. The van der Waals surface area contributed by atoms with Crippen molar-refractivity contribution in [1.29, 1.82) is 0 Å². The fourth-order valence-corrected chi connectivity index (χ4v) is 3.93. The molecule has 0 aliphatic carbocycles. The lowest BCUT2D eigenvalue weighted by Crippen LogP contribution is -2.33. The second-order valence-corrected chi connectivity index (χ2v) is 8.62. The highest BCUT2D eigenvalue weighted by Gasteiger charge is 2.36. The Morgan fingerprint density at radius 1 is 1.12 bits per heavy atom. The molecule has 33 heavy (non-hydrogen) atoms. The van der Waals surface area contributed by atoms with Crippen LogP contribution in [0.1, 0.15) is 16.8 Å². The van der Waals surface area contributed by atoms with Crippen molar-refractivity contribution in [3.05, 3.63) is 115 Å². The van der Waals surface area contributed by atoms with Crippen LogP contribution in [0.4, 0.5) is 5.69 Å². The lowest BCUT2D eigenvalue weighted by atomic mass is 9.86. The summed E-state index contributed by atoms with van der Waals surface area (Å²) in [5, 5.41) is 31.6. The number of aromatic nitrogens is 3. The van der Waals surface area contributed by atoms with Crippen LogP contribution < -0.4 is 4.74 Å². The molecule has 4 rings (SSSR count). The first-order valence-electron chi connectivity index (χ1n) is 9.85. The zero-order valence-electron chi connectivity index (χ0n) is 17.1. The number of ether oxygens (including phenoxy) is 1. The van der Waals surface area contributed by atoms with Crippen LogP contribution in [0.2, 0.25) is 5.02 Å². The predicted octanol–water partition coefficient (Wildman–Crippen LogP) is 5.12. The lowest BCUT2D eigenvalue weighted by molar-refractivity contribution is -0.385. The van der Waals surface area contributed by atoms with E-state index >= 15 is 0 Å². The summed E-state index contributed by atoms with van der Waals surface area (Å²) in [6, 6.07) is 20.2. The van der Waals surface area contributed by atoms with Crippen molar-refractivity contribution in [2.75, 3.05) is 0 Å². The highest BCUT2D eigenvalue weighted by atomic mass is 79.9. The fourth-order valence-electron chi connectivity index (χ4n) is 3.39. The number of non-ortho nitro benzene ring substituents is 1. The van der Waals surface area contributed by atoms with Crippen LogP contribution in [0.5, 0.6) is 5.75 Å². The third-order valence-electron chi connectivity index (χ3n) is 5.03. The van der Waals surface area contributed by atoms with Gasteiger partial charge in [-0.1, -0.05) is 63.1 Å². The molecule has 0 fully saturated rings. The predicted molar refractivity (Wildman–Crippen MR) is 126 cm³/mol. The van der Waals surface area contributed by atoms with Crippen molar-refractivity contribution >= 4 is 33.2 Å². The Morgan fingerprint density at radius 2 is 1.85 bits per heavy atom. The summed E-state index contributed by atoms with van der Waals surface area (Å²) in [7, 11) is 0. The van der Waals surface area contributed by atoms with Gasteiger partial charge in [-0.25, -0.2) is 4.68 Å². The molecule has 1 unspecified atom stereocenters. The normalized spacial score (nSPS) is 12.8. The number of hydrogen-bond donors (Lipinski definition) is 1. The lowest BCUT2D eigenvalue weighted by Gasteiger charge is -2.29. The number of aliphatic hydroxyl groups is 1. The number of nitro groups is 1. The average Bonchev–Trinajstić information content (AvgIpc) is 3.26. The van der Waals surface area contributed by atoms with Crippen LogP contribution >= 0.6 is 27.5 Å². The van der Waals surface area contributed by atoms with E-state index in [2.05, 4.69) is 26.2 Å². The largest absolute Gasteiger partial charge is 0.487 e. The van der Waals surface area contributed by atoms with Gasteiger partial charge in [-0.05, 0) is 35.9 Å². The van der Waals surface area contributed by atoms with E-state index in [0.29, 0.717) is 17.0 Å². The highest BCUT2D eigenvalue weighted by molar-refractivity contribution is 9.10. The molecular formula is C23H18BrClN4O4. The molecule has 1 N–H and O–H groups in total. The van der Waals surface area contributed by atoms with E-state index in [1.165, 1.54) is 22.9 Å². The van der Waals surface area contributed by atoms with Crippen molar-refractivity contribution in [1.82, 2.24) is 15.0 Å². The smallest absolute Gasteiger partial charge is 0.269 e. The molecule has 1 aromatic heterocycles. The number of nitro benzene ring substituents is 1. The maximum absolute atomic E-state index is 11.8. The third kappa shape index (κ3) is 5.22. The van der Waals surface area contributed by atoms with Crippen LogP contribution in [0, 0.1) is 10.1 Å². The molecule has 0 spiro atoms. The van der Waals surface area contributed by atoms with Gasteiger partial charge in [-0.15, -0.1) is 5.10 Å². The van der Waals surface area contributed by atoms with Crippen molar-refractivity contribution in [3.63, 3.8) is 0 Å². The first-order valence-corrected chi connectivity index (χ1v) is 11.0. The highest BCUT2D eigenvalue weighted by Crippen LogP contribution is 2.37. The molecule has 0 saturated carbocycles. The Morgan fingerprint density at radius 3 is 2.55 bits per heavy atom. The Balaban J connectivity index is 1.63. The minimum atomic E-state index is -1.69. The van der Waals surface area contributed by atoms with E-state index in [9.17, 15) is 15.2 Å². The first-order chi connectivity index (χ1) is 15.8.